The van der Waals surface area contributed by atoms with Crippen LogP contribution < -0.4 is 5.32 Å². The molecule has 0 saturated carbocycles. The van der Waals surface area contributed by atoms with Crippen LogP contribution >= 0.6 is 27.3 Å². The number of hydrogen-bond donors (Lipinski definition) is 2. The molecule has 0 unspecified atom stereocenters. The summed E-state index contributed by atoms with van der Waals surface area (Å²) < 4.78 is 40.6. The monoisotopic (exact) mass is 638 g/mol. The van der Waals surface area contributed by atoms with Crippen molar-refractivity contribution in [3.05, 3.63) is 74.6 Å². The first-order valence-electron chi connectivity index (χ1n) is 13.4. The van der Waals surface area contributed by atoms with Crippen molar-refractivity contribution in [3.8, 4) is 11.3 Å². The molecule has 4 rings (SSSR count). The van der Waals surface area contributed by atoms with Crippen molar-refractivity contribution in [1.82, 2.24) is 19.9 Å². The van der Waals surface area contributed by atoms with Crippen LogP contribution in [0.25, 0.3) is 16.9 Å². The van der Waals surface area contributed by atoms with Gasteiger partial charge in [-0.15, -0.1) is 11.3 Å². The second-order valence-corrected chi connectivity index (χ2v) is 11.1. The first-order chi connectivity index (χ1) is 19.2. The van der Waals surface area contributed by atoms with Crippen LogP contribution in [-0.4, -0.2) is 32.2 Å². The van der Waals surface area contributed by atoms with Crippen LogP contribution in [0.15, 0.2) is 58.5 Å². The summed E-state index contributed by atoms with van der Waals surface area (Å²) in [6, 6.07) is 13.5. The second-order valence-electron chi connectivity index (χ2n) is 9.33. The van der Waals surface area contributed by atoms with E-state index in [2.05, 4.69) is 55.8 Å². The van der Waals surface area contributed by atoms with E-state index in [0.29, 0.717) is 5.56 Å². The number of nitrogens with one attached hydrogen (secondary N) is 1. The number of fused-ring (bicyclic) bond motifs is 1. The fourth-order valence-electron chi connectivity index (χ4n) is 4.10. The lowest BCUT2D eigenvalue weighted by Gasteiger charge is -2.10. The van der Waals surface area contributed by atoms with E-state index in [1.807, 2.05) is 11.3 Å². The lowest BCUT2D eigenvalue weighted by Crippen LogP contribution is -2.13. The Morgan fingerprint density at radius 2 is 1.70 bits per heavy atom. The molecule has 1 aromatic carbocycles. The average molecular weight is 640 g/mol. The van der Waals surface area contributed by atoms with E-state index in [1.54, 1.807) is 30.3 Å². The number of aromatic nitrogens is 3. The van der Waals surface area contributed by atoms with Gasteiger partial charge in [0.05, 0.1) is 5.69 Å². The molecule has 0 amide bonds. The molecule has 3 aromatic heterocycles. The van der Waals surface area contributed by atoms with E-state index in [1.165, 1.54) is 62.8 Å². The molecular weight excluding hydrogens is 605 g/mol. The molecule has 0 aliphatic rings. The number of carboxylic acid groups (broad SMARTS) is 1. The molecule has 2 N–H and O–H groups in total. The summed E-state index contributed by atoms with van der Waals surface area (Å²) in [6.07, 6.45) is 6.53. The molecule has 3 heterocycles. The highest BCUT2D eigenvalue weighted by Crippen LogP contribution is 2.35. The minimum Gasteiger partial charge on any atom is -0.476 e. The van der Waals surface area contributed by atoms with Crippen molar-refractivity contribution < 1.29 is 23.1 Å². The Morgan fingerprint density at radius 3 is 2.30 bits per heavy atom. The normalized spacial score (nSPS) is 11.4. The maximum absolute atomic E-state index is 13.3. The zero-order valence-corrected chi connectivity index (χ0v) is 24.8. The highest BCUT2D eigenvalue weighted by atomic mass is 79.9. The number of aromatic carboxylic acids is 1. The molecule has 0 bridgehead atoms. The highest BCUT2D eigenvalue weighted by Gasteiger charge is 2.36. The van der Waals surface area contributed by atoms with Gasteiger partial charge in [0.2, 0.25) is 0 Å². The number of alkyl halides is 3. The first-order valence-corrected chi connectivity index (χ1v) is 15.1. The Balaban J connectivity index is 0.000000232. The molecule has 0 saturated heterocycles. The van der Waals surface area contributed by atoms with Crippen molar-refractivity contribution in [2.45, 2.75) is 71.0 Å². The van der Waals surface area contributed by atoms with E-state index in [4.69, 9.17) is 5.11 Å². The molecule has 11 heteroatoms. The van der Waals surface area contributed by atoms with E-state index < -0.39 is 29.1 Å². The van der Waals surface area contributed by atoms with Gasteiger partial charge in [-0.2, -0.15) is 18.3 Å². The molecule has 0 fully saturated rings. The smallest absolute Gasteiger partial charge is 0.420 e. The van der Waals surface area contributed by atoms with E-state index in [0.717, 1.165) is 17.1 Å². The molecular formula is C29H34BrF3N4O2S. The Morgan fingerprint density at radius 1 is 1.02 bits per heavy atom. The number of carbonyl (C=O) groups is 1. The molecule has 4 aromatic rings. The van der Waals surface area contributed by atoms with Crippen LogP contribution in [0.3, 0.4) is 0 Å². The summed E-state index contributed by atoms with van der Waals surface area (Å²) in [6.45, 7) is 4.50. The van der Waals surface area contributed by atoms with Crippen LogP contribution in [-0.2, 0) is 12.7 Å². The lowest BCUT2D eigenvalue weighted by atomic mass is 10.1. The molecule has 0 atom stereocenters. The van der Waals surface area contributed by atoms with E-state index in [-0.39, 0.29) is 10.3 Å². The summed E-state index contributed by atoms with van der Waals surface area (Å²) >= 11 is 4.79. The van der Waals surface area contributed by atoms with Gasteiger partial charge >= 0.3 is 12.1 Å². The van der Waals surface area contributed by atoms with Crippen LogP contribution in [0.1, 0.15) is 79.2 Å². The fraction of sp³-hybridized carbons (Fsp3) is 0.414. The standard InChI is InChI=1S/C15H27NS.C14H7BrF3N3O2/c1-2-3-4-5-6-7-8-9-12-16-14-15-11-10-13-17-15;15-11-10(13(22)23)19-12-8(14(16,17)18)6-9(20-21(11)12)7-4-2-1-3-5-7/h10-11,13,16H,2-9,12,14H2,1H3;1-6H,(H,22,23). The maximum Gasteiger partial charge on any atom is 0.420 e. The van der Waals surface area contributed by atoms with Crippen molar-refractivity contribution >= 4 is 38.9 Å². The summed E-state index contributed by atoms with van der Waals surface area (Å²) in [5.74, 6) is -1.45. The third kappa shape index (κ3) is 9.42. The van der Waals surface area contributed by atoms with Gasteiger partial charge in [-0.1, -0.05) is 88.3 Å². The van der Waals surface area contributed by atoms with Gasteiger partial charge in [0.1, 0.15) is 10.2 Å². The third-order valence-corrected chi connectivity index (χ3v) is 7.78. The van der Waals surface area contributed by atoms with Gasteiger partial charge in [-0.25, -0.2) is 14.3 Å². The van der Waals surface area contributed by atoms with Crippen LogP contribution in [0.2, 0.25) is 0 Å². The number of benzene rings is 1. The Labute approximate surface area is 244 Å². The molecule has 216 valence electrons. The zero-order valence-electron chi connectivity index (χ0n) is 22.4. The first kappa shape index (κ1) is 31.8. The Hall–Kier alpha value is -2.76. The molecule has 6 nitrogen and oxygen atoms in total. The van der Waals surface area contributed by atoms with E-state index >= 15 is 0 Å². The number of thiophene rings is 1. The van der Waals surface area contributed by atoms with Crippen molar-refractivity contribution in [1.29, 1.82) is 0 Å². The lowest BCUT2D eigenvalue weighted by molar-refractivity contribution is -0.136. The van der Waals surface area contributed by atoms with Crippen LogP contribution in [0.4, 0.5) is 13.2 Å². The van der Waals surface area contributed by atoms with Gasteiger partial charge in [-0.05, 0) is 46.4 Å². The SMILES string of the molecule is CCCCCCCCCCNCc1cccs1.O=C(O)c1nc2c(C(F)(F)F)cc(-c3ccccc3)nn2c1Br. The van der Waals surface area contributed by atoms with E-state index in [9.17, 15) is 18.0 Å². The van der Waals surface area contributed by atoms with Gasteiger partial charge in [0, 0.05) is 17.0 Å². The summed E-state index contributed by atoms with van der Waals surface area (Å²) in [7, 11) is 0. The summed E-state index contributed by atoms with van der Waals surface area (Å²) in [4.78, 5) is 16.1. The second kappa shape index (κ2) is 15.9. The van der Waals surface area contributed by atoms with Crippen molar-refractivity contribution in [2.75, 3.05) is 6.54 Å². The number of nitrogens with zero attached hydrogens (tertiary/aromatic N) is 3. The van der Waals surface area contributed by atoms with Crippen LogP contribution in [0.5, 0.6) is 0 Å². The number of imidazole rings is 1. The topological polar surface area (TPSA) is 79.5 Å². The van der Waals surface area contributed by atoms with Crippen molar-refractivity contribution in [3.63, 3.8) is 0 Å². The molecule has 0 aliphatic heterocycles. The molecule has 0 radical (unpaired) electrons. The summed E-state index contributed by atoms with van der Waals surface area (Å²) in [5, 5.41) is 18.8. The largest absolute Gasteiger partial charge is 0.476 e. The number of halogens is 4. The fourth-order valence-corrected chi connectivity index (χ4v) is 5.28. The number of carboxylic acids is 1. The number of hydrogen-bond acceptors (Lipinski definition) is 5. The van der Waals surface area contributed by atoms with Gasteiger partial charge < -0.3 is 10.4 Å². The maximum atomic E-state index is 13.3. The predicted molar refractivity (Wildman–Crippen MR) is 157 cm³/mol. The van der Waals surface area contributed by atoms with Gasteiger partial charge in [0.15, 0.2) is 11.3 Å². The minimum atomic E-state index is -4.70. The minimum absolute atomic E-state index is 0.0560. The number of rotatable bonds is 13. The van der Waals surface area contributed by atoms with Crippen LogP contribution in [0, 0.1) is 0 Å². The molecule has 40 heavy (non-hydrogen) atoms. The third-order valence-electron chi connectivity index (χ3n) is 6.19. The zero-order chi connectivity index (χ0) is 29.0. The predicted octanol–water partition coefficient (Wildman–Crippen LogP) is 8.85. The summed E-state index contributed by atoms with van der Waals surface area (Å²) in [5.41, 5.74) is -1.63. The average Bonchev–Trinajstić information content (AvgIpc) is 3.57. The molecule has 0 aliphatic carbocycles. The molecule has 0 spiro atoms. The van der Waals surface area contributed by atoms with Gasteiger partial charge in [-0.3, -0.25) is 0 Å². The Kier molecular flexibility index (Phi) is 12.6. The van der Waals surface area contributed by atoms with Crippen molar-refractivity contribution in [2.24, 2.45) is 0 Å². The Bertz CT molecular complexity index is 1330. The number of unbranched alkanes of at least 4 members (excludes halogenated alkanes) is 7. The van der Waals surface area contributed by atoms with Gasteiger partial charge in [0.25, 0.3) is 0 Å². The highest BCUT2D eigenvalue weighted by molar-refractivity contribution is 9.10. The quantitative estimate of drug-likeness (QED) is 0.143.